The second-order valence-electron chi connectivity index (χ2n) is 4.52. The smallest absolute Gasteiger partial charge is 0.341 e. The summed E-state index contributed by atoms with van der Waals surface area (Å²) in [6.45, 7) is 3.22. The van der Waals surface area contributed by atoms with Gasteiger partial charge in [-0.05, 0) is 26.0 Å². The number of pyridine rings is 1. The molecule has 116 valence electrons. The Morgan fingerprint density at radius 1 is 1.50 bits per heavy atom. The van der Waals surface area contributed by atoms with E-state index in [1.807, 2.05) is 6.07 Å². The maximum atomic E-state index is 12.1. The molecular formula is C14H15N3O4S. The van der Waals surface area contributed by atoms with Crippen molar-refractivity contribution in [3.05, 3.63) is 41.4 Å². The third-order valence-corrected chi connectivity index (χ3v) is 3.75. The van der Waals surface area contributed by atoms with Crippen LogP contribution in [0.5, 0.6) is 0 Å². The molecule has 1 atom stereocenters. The van der Waals surface area contributed by atoms with Crippen molar-refractivity contribution in [1.82, 2.24) is 10.1 Å². The number of rotatable bonds is 6. The molecule has 0 fully saturated rings. The van der Waals surface area contributed by atoms with E-state index < -0.39 is 18.0 Å². The molecule has 0 aliphatic rings. The molecule has 1 amide bonds. The van der Waals surface area contributed by atoms with E-state index in [9.17, 15) is 9.59 Å². The summed E-state index contributed by atoms with van der Waals surface area (Å²) in [5, 5.41) is 4.37. The van der Waals surface area contributed by atoms with Crippen molar-refractivity contribution in [2.24, 2.45) is 5.73 Å². The van der Waals surface area contributed by atoms with Crippen LogP contribution < -0.4 is 5.73 Å². The zero-order valence-electron chi connectivity index (χ0n) is 12.1. The predicted octanol–water partition coefficient (Wildman–Crippen LogP) is 1.70. The first-order valence-electron chi connectivity index (χ1n) is 6.47. The quantitative estimate of drug-likeness (QED) is 0.637. The highest BCUT2D eigenvalue weighted by Crippen LogP contribution is 2.24. The Labute approximate surface area is 131 Å². The van der Waals surface area contributed by atoms with Crippen molar-refractivity contribution >= 4 is 23.6 Å². The van der Waals surface area contributed by atoms with E-state index in [4.69, 9.17) is 15.0 Å². The monoisotopic (exact) mass is 321 g/mol. The molecule has 2 rings (SSSR count). The van der Waals surface area contributed by atoms with E-state index in [0.717, 1.165) is 5.69 Å². The van der Waals surface area contributed by atoms with Crippen LogP contribution in [0.1, 0.15) is 28.7 Å². The fourth-order valence-corrected chi connectivity index (χ4v) is 2.43. The van der Waals surface area contributed by atoms with Gasteiger partial charge >= 0.3 is 5.97 Å². The predicted molar refractivity (Wildman–Crippen MR) is 79.1 cm³/mol. The van der Waals surface area contributed by atoms with E-state index >= 15 is 0 Å². The van der Waals surface area contributed by atoms with Crippen LogP contribution in [0.2, 0.25) is 0 Å². The third-order valence-electron chi connectivity index (χ3n) is 2.71. The van der Waals surface area contributed by atoms with Crippen molar-refractivity contribution in [3.8, 4) is 0 Å². The lowest BCUT2D eigenvalue weighted by Gasteiger charge is -2.11. The molecule has 2 aromatic rings. The van der Waals surface area contributed by atoms with Crippen LogP contribution in [0.4, 0.5) is 0 Å². The first kappa shape index (κ1) is 16.0. The Morgan fingerprint density at radius 2 is 2.27 bits per heavy atom. The number of hydrogen-bond acceptors (Lipinski definition) is 7. The summed E-state index contributed by atoms with van der Waals surface area (Å²) in [7, 11) is 0. The first-order chi connectivity index (χ1) is 10.5. The zero-order chi connectivity index (χ0) is 16.1. The second kappa shape index (κ2) is 7.08. The van der Waals surface area contributed by atoms with Gasteiger partial charge in [0, 0.05) is 18.0 Å². The summed E-state index contributed by atoms with van der Waals surface area (Å²) >= 11 is 1.33. The zero-order valence-corrected chi connectivity index (χ0v) is 12.9. The van der Waals surface area contributed by atoms with Gasteiger partial charge in [-0.2, -0.15) is 0 Å². The highest BCUT2D eigenvalue weighted by atomic mass is 32.2. The Balaban J connectivity index is 2.09. The van der Waals surface area contributed by atoms with Gasteiger partial charge in [-0.3, -0.25) is 4.79 Å². The maximum absolute atomic E-state index is 12.1. The Bertz CT molecular complexity index is 686. The van der Waals surface area contributed by atoms with Crippen molar-refractivity contribution < 1.29 is 18.8 Å². The van der Waals surface area contributed by atoms with Gasteiger partial charge in [0.15, 0.2) is 6.10 Å². The number of carbonyl (C=O) groups excluding carboxylic acids is 2. The van der Waals surface area contributed by atoms with Gasteiger partial charge in [0.1, 0.15) is 10.8 Å². The maximum Gasteiger partial charge on any atom is 0.341 e. The van der Waals surface area contributed by atoms with E-state index in [-0.39, 0.29) is 5.56 Å². The number of thioether (sulfide) groups is 1. The lowest BCUT2D eigenvalue weighted by molar-refractivity contribution is -0.125. The minimum absolute atomic E-state index is 0.279. The number of ether oxygens (including phenoxy) is 1. The summed E-state index contributed by atoms with van der Waals surface area (Å²) in [6.07, 6.45) is 0.578. The molecule has 0 aliphatic carbocycles. The number of amides is 1. The van der Waals surface area contributed by atoms with Crippen LogP contribution >= 0.6 is 11.8 Å². The molecule has 0 spiro atoms. The molecule has 7 nitrogen and oxygen atoms in total. The van der Waals surface area contributed by atoms with Crippen molar-refractivity contribution in [2.75, 3.05) is 0 Å². The molecule has 8 heteroatoms. The van der Waals surface area contributed by atoms with Gasteiger partial charge in [-0.15, -0.1) is 0 Å². The highest BCUT2D eigenvalue weighted by molar-refractivity contribution is 7.98. The Morgan fingerprint density at radius 3 is 2.91 bits per heavy atom. The average Bonchev–Trinajstić information content (AvgIpc) is 2.90. The van der Waals surface area contributed by atoms with Gasteiger partial charge in [-0.25, -0.2) is 9.78 Å². The van der Waals surface area contributed by atoms with Gasteiger partial charge in [0.25, 0.3) is 5.91 Å². The Kier molecular flexibility index (Phi) is 5.16. The fraction of sp³-hybridized carbons (Fsp3) is 0.286. The SMILES string of the molecule is Cc1cc(CSc2ncccc2C(=O)O[C@@H](C)C(N)=O)no1. The summed E-state index contributed by atoms with van der Waals surface area (Å²) < 4.78 is 9.98. The van der Waals surface area contributed by atoms with Crippen LogP contribution in [0.3, 0.4) is 0 Å². The molecule has 0 unspecified atom stereocenters. The van der Waals surface area contributed by atoms with Gasteiger partial charge in [0.05, 0.1) is 11.3 Å². The number of aromatic nitrogens is 2. The molecule has 0 aromatic carbocycles. The van der Waals surface area contributed by atoms with Crippen LogP contribution in [0, 0.1) is 6.92 Å². The molecule has 0 aliphatic heterocycles. The summed E-state index contributed by atoms with van der Waals surface area (Å²) in [5.74, 6) is -0.130. The molecule has 2 heterocycles. The molecule has 2 N–H and O–H groups in total. The largest absolute Gasteiger partial charge is 0.449 e. The highest BCUT2D eigenvalue weighted by Gasteiger charge is 2.19. The number of aryl methyl sites for hydroxylation is 1. The van der Waals surface area contributed by atoms with Gasteiger partial charge < -0.3 is 15.0 Å². The van der Waals surface area contributed by atoms with Crippen LogP contribution in [0.25, 0.3) is 0 Å². The third kappa shape index (κ3) is 4.08. The fourth-order valence-electron chi connectivity index (χ4n) is 1.57. The van der Waals surface area contributed by atoms with Gasteiger partial charge in [-0.1, -0.05) is 16.9 Å². The number of esters is 1. The number of primary amides is 1. The van der Waals surface area contributed by atoms with E-state index in [0.29, 0.717) is 16.5 Å². The lowest BCUT2D eigenvalue weighted by Crippen LogP contribution is -2.30. The van der Waals surface area contributed by atoms with E-state index in [1.165, 1.54) is 18.7 Å². The molecule has 0 bridgehead atoms. The molecule has 0 saturated heterocycles. The summed E-state index contributed by atoms with van der Waals surface area (Å²) in [5.41, 5.74) is 6.11. The van der Waals surface area contributed by atoms with Crippen LogP contribution in [0.15, 0.2) is 33.9 Å². The minimum Gasteiger partial charge on any atom is -0.449 e. The molecule has 22 heavy (non-hydrogen) atoms. The molecule has 0 saturated carbocycles. The normalized spacial score (nSPS) is 11.9. The van der Waals surface area contributed by atoms with Crippen LogP contribution in [-0.2, 0) is 15.3 Å². The number of nitrogens with two attached hydrogens (primary N) is 1. The number of nitrogens with zero attached hydrogens (tertiary/aromatic N) is 2. The second-order valence-corrected chi connectivity index (χ2v) is 5.49. The van der Waals surface area contributed by atoms with Crippen molar-refractivity contribution in [3.63, 3.8) is 0 Å². The topological polar surface area (TPSA) is 108 Å². The summed E-state index contributed by atoms with van der Waals surface area (Å²) in [6, 6.07) is 5.01. The van der Waals surface area contributed by atoms with Crippen LogP contribution in [-0.4, -0.2) is 28.1 Å². The molecule has 2 aromatic heterocycles. The lowest BCUT2D eigenvalue weighted by atomic mass is 10.3. The number of carbonyl (C=O) groups is 2. The number of hydrogen-bond donors (Lipinski definition) is 1. The van der Waals surface area contributed by atoms with Gasteiger partial charge in [0.2, 0.25) is 0 Å². The van der Waals surface area contributed by atoms with E-state index in [1.54, 1.807) is 25.3 Å². The molecular weight excluding hydrogens is 306 g/mol. The minimum atomic E-state index is -0.997. The standard InChI is InChI=1S/C14H15N3O4S/c1-8-6-10(17-21-8)7-22-13-11(4-3-5-16-13)14(19)20-9(2)12(15)18/h3-6,9H,7H2,1-2H3,(H2,15,18)/t9-/m0/s1. The van der Waals surface area contributed by atoms with E-state index in [2.05, 4.69) is 10.1 Å². The first-order valence-corrected chi connectivity index (χ1v) is 7.46. The summed E-state index contributed by atoms with van der Waals surface area (Å²) in [4.78, 5) is 27.2. The van der Waals surface area contributed by atoms with Crippen molar-refractivity contribution in [1.29, 1.82) is 0 Å². The van der Waals surface area contributed by atoms with Crippen molar-refractivity contribution in [2.45, 2.75) is 30.7 Å². The average molecular weight is 321 g/mol. The Hall–Kier alpha value is -2.35. The molecule has 0 radical (unpaired) electrons.